The van der Waals surface area contributed by atoms with E-state index in [0.717, 1.165) is 16.5 Å². The van der Waals surface area contributed by atoms with Crippen LogP contribution in [0.1, 0.15) is 34.8 Å². The fourth-order valence-corrected chi connectivity index (χ4v) is 5.41. The number of amides is 1. The van der Waals surface area contributed by atoms with Gasteiger partial charge in [0.2, 0.25) is 5.91 Å². The molecule has 1 amide bonds. The molecule has 0 bridgehead atoms. The van der Waals surface area contributed by atoms with Gasteiger partial charge in [-0.3, -0.25) is 9.59 Å². The Balaban J connectivity index is 1.54. The summed E-state index contributed by atoms with van der Waals surface area (Å²) in [6.07, 6.45) is 0.572. The van der Waals surface area contributed by atoms with E-state index in [2.05, 4.69) is 43.0 Å². The zero-order chi connectivity index (χ0) is 28.5. The number of aromatic nitrogens is 1. The van der Waals surface area contributed by atoms with Gasteiger partial charge in [0.1, 0.15) is 26.1 Å². The van der Waals surface area contributed by atoms with Crippen molar-refractivity contribution >= 4 is 42.3 Å². The largest absolute Gasteiger partial charge is 0.359 e. The van der Waals surface area contributed by atoms with Crippen molar-refractivity contribution in [2.24, 2.45) is 0 Å². The molecule has 1 aromatic heterocycles. The van der Waals surface area contributed by atoms with Crippen LogP contribution in [0.4, 0.5) is 8.78 Å². The smallest absolute Gasteiger partial charge is 0.243 e. The van der Waals surface area contributed by atoms with Crippen molar-refractivity contribution in [2.45, 2.75) is 58.3 Å². The van der Waals surface area contributed by atoms with Crippen LogP contribution >= 0.6 is 11.6 Å². The Morgan fingerprint density at radius 3 is 2.67 bits per heavy atom. The van der Waals surface area contributed by atoms with Crippen LogP contribution < -0.4 is 5.32 Å². The minimum Gasteiger partial charge on any atom is -0.359 e. The number of hydrogen-bond donors (Lipinski definition) is 1. The number of nitrogens with one attached hydrogen (secondary N) is 1. The van der Waals surface area contributed by atoms with Crippen LogP contribution in [0.15, 0.2) is 54.9 Å². The van der Waals surface area contributed by atoms with E-state index in [4.69, 9.17) is 11.6 Å². The summed E-state index contributed by atoms with van der Waals surface area (Å²) < 4.78 is 30.7. The topological polar surface area (TPSA) is 54.3 Å². The number of benzene rings is 2. The van der Waals surface area contributed by atoms with Gasteiger partial charge in [-0.05, 0) is 31.2 Å². The monoisotopic (exact) mass is 567 g/mol. The number of carbonyl (C=O) groups is 2. The van der Waals surface area contributed by atoms with Gasteiger partial charge >= 0.3 is 0 Å². The van der Waals surface area contributed by atoms with Crippen molar-refractivity contribution in [1.29, 1.82) is 0 Å². The lowest BCUT2D eigenvalue weighted by Crippen LogP contribution is -2.43. The van der Waals surface area contributed by atoms with Gasteiger partial charge in [0.25, 0.3) is 0 Å². The summed E-state index contributed by atoms with van der Waals surface area (Å²) in [4.78, 5) is 27.1. The number of alkyl halides is 1. The molecule has 2 atom stereocenters. The number of Topliss-reactive ketones (excluding diaryl/α,β-unsaturated/α-hetero) is 1. The fourth-order valence-electron chi connectivity index (χ4n) is 4.70. The third kappa shape index (κ3) is 6.60. The van der Waals surface area contributed by atoms with Crippen LogP contribution in [0.5, 0.6) is 0 Å². The van der Waals surface area contributed by atoms with E-state index in [-0.39, 0.29) is 42.4 Å². The zero-order valence-corrected chi connectivity index (χ0v) is 24.3. The molecule has 2 aromatic carbocycles. The molecular weight excluding hydrogens is 536 g/mol. The second kappa shape index (κ2) is 11.4. The summed E-state index contributed by atoms with van der Waals surface area (Å²) in [5, 5.41) is 3.47. The van der Waals surface area contributed by atoms with Gasteiger partial charge < -0.3 is 14.8 Å². The minimum absolute atomic E-state index is 0.00707. The molecule has 9 heteroatoms. The number of hydrogen-bond acceptors (Lipinski definition) is 3. The van der Waals surface area contributed by atoms with Crippen LogP contribution in [0, 0.1) is 17.3 Å². The number of allylic oxidation sites excluding steroid dienone is 1. The fraction of sp³-hybridized carbons (Fsp3) is 0.333. The van der Waals surface area contributed by atoms with E-state index in [9.17, 15) is 18.4 Å². The highest BCUT2D eigenvalue weighted by molar-refractivity contribution is 6.83. The second-order valence-electron chi connectivity index (χ2n) is 11.0. The van der Waals surface area contributed by atoms with Gasteiger partial charge in [-0.15, -0.1) is 5.54 Å². The Labute approximate surface area is 233 Å². The second-order valence-corrected chi connectivity index (χ2v) is 16.1. The van der Waals surface area contributed by atoms with Gasteiger partial charge in [0.15, 0.2) is 5.78 Å². The van der Waals surface area contributed by atoms with Crippen LogP contribution in [0.3, 0.4) is 0 Å². The first-order valence-electron chi connectivity index (χ1n) is 12.8. The van der Waals surface area contributed by atoms with E-state index in [0.29, 0.717) is 11.3 Å². The normalized spacial score (nSPS) is 17.2. The summed E-state index contributed by atoms with van der Waals surface area (Å²) in [7, 11) is -1.57. The van der Waals surface area contributed by atoms with E-state index in [1.54, 1.807) is 17.2 Å². The van der Waals surface area contributed by atoms with E-state index in [1.807, 2.05) is 22.8 Å². The Morgan fingerprint density at radius 1 is 1.23 bits per heavy atom. The van der Waals surface area contributed by atoms with Crippen LogP contribution in [-0.4, -0.2) is 48.0 Å². The lowest BCUT2D eigenvalue weighted by Gasteiger charge is -2.28. The minimum atomic E-state index is -1.57. The number of ketones is 1. The molecule has 1 aliphatic heterocycles. The maximum atomic E-state index is 14.5. The quantitative estimate of drug-likeness (QED) is 0.213. The first-order valence-corrected chi connectivity index (χ1v) is 16.7. The molecule has 2 heterocycles. The molecule has 4 rings (SSSR count). The molecule has 0 radical (unpaired) electrons. The molecule has 39 heavy (non-hydrogen) atoms. The van der Waals surface area contributed by atoms with Crippen LogP contribution in [0.25, 0.3) is 10.9 Å². The number of rotatable bonds is 7. The third-order valence-corrected chi connectivity index (χ3v) is 7.81. The lowest BCUT2D eigenvalue weighted by molar-refractivity contribution is -0.125. The van der Waals surface area contributed by atoms with Crippen molar-refractivity contribution in [1.82, 2.24) is 14.8 Å². The number of fused-ring (bicyclic) bond motifs is 1. The molecule has 5 nitrogen and oxygen atoms in total. The molecular formula is C30H32ClF2N3O2Si. The zero-order valence-electron chi connectivity index (χ0n) is 22.6. The van der Waals surface area contributed by atoms with Crippen molar-refractivity contribution in [3.05, 3.63) is 82.4 Å². The predicted molar refractivity (Wildman–Crippen MR) is 155 cm³/mol. The highest BCUT2D eigenvalue weighted by atomic mass is 35.5. The van der Waals surface area contributed by atoms with Crippen LogP contribution in [-0.2, 0) is 17.9 Å². The number of nitrogens with zero attached hydrogens (tertiary/aromatic N) is 2. The number of carbonyl (C=O) groups excluding carboxylic acids is 2. The highest BCUT2D eigenvalue weighted by Gasteiger charge is 2.37. The maximum Gasteiger partial charge on any atom is 0.243 e. The molecule has 0 spiro atoms. The average Bonchev–Trinajstić information content (AvgIpc) is 3.43. The van der Waals surface area contributed by atoms with Crippen molar-refractivity contribution < 1.29 is 18.4 Å². The third-order valence-electron chi connectivity index (χ3n) is 6.64. The Bertz CT molecular complexity index is 1520. The van der Waals surface area contributed by atoms with Crippen molar-refractivity contribution in [3.63, 3.8) is 0 Å². The Kier molecular flexibility index (Phi) is 8.33. The van der Waals surface area contributed by atoms with Gasteiger partial charge in [-0.25, -0.2) is 8.78 Å². The van der Waals surface area contributed by atoms with Gasteiger partial charge in [0, 0.05) is 59.0 Å². The SMILES string of the molecule is C=C(Cn1cc(C(C)=O)c2cc(C#C[Si](C)(C)C)ccc21)N1C[C@H](F)C[C@H]1C(=O)NCc1cccc(Cl)c1F. The predicted octanol–water partition coefficient (Wildman–Crippen LogP) is 6.11. The van der Waals surface area contributed by atoms with Gasteiger partial charge in [-0.2, -0.15) is 0 Å². The van der Waals surface area contributed by atoms with E-state index >= 15 is 0 Å². The number of halogens is 3. The molecule has 0 saturated carbocycles. The van der Waals surface area contributed by atoms with E-state index < -0.39 is 32.0 Å². The molecule has 1 N–H and O–H groups in total. The van der Waals surface area contributed by atoms with Gasteiger partial charge in [-0.1, -0.05) is 55.9 Å². The molecule has 1 aliphatic rings. The summed E-state index contributed by atoms with van der Waals surface area (Å²) in [5.74, 6) is 2.16. The van der Waals surface area contributed by atoms with Crippen molar-refractivity contribution in [3.8, 4) is 11.5 Å². The number of likely N-dealkylation sites (tertiary alicyclic amines) is 1. The lowest BCUT2D eigenvalue weighted by atomic mass is 10.1. The average molecular weight is 568 g/mol. The summed E-state index contributed by atoms with van der Waals surface area (Å²) in [5.41, 5.74) is 6.38. The molecule has 204 valence electrons. The first kappa shape index (κ1) is 28.6. The standard InChI is InChI=1S/C30H32ClF2N3O2Si/c1-19(36-17-23(32)14-28(36)30(38)34-15-22-7-6-8-26(31)29(22)33)16-35-18-25(20(2)37)24-13-21(9-10-27(24)35)11-12-39(3,4)5/h6-10,13,18,23,28H,1,14-17H2,2-5H3,(H,34,38)/t23-,28+/m1/s1. The molecule has 0 aliphatic carbocycles. The molecule has 0 unspecified atom stereocenters. The Hall–Kier alpha value is -3.41. The molecule has 1 saturated heterocycles. The highest BCUT2D eigenvalue weighted by Crippen LogP contribution is 2.29. The Morgan fingerprint density at radius 2 is 1.97 bits per heavy atom. The van der Waals surface area contributed by atoms with Crippen LogP contribution in [0.2, 0.25) is 24.7 Å². The summed E-state index contributed by atoms with van der Waals surface area (Å²) >= 11 is 5.84. The maximum absolute atomic E-state index is 14.5. The summed E-state index contributed by atoms with van der Waals surface area (Å²) in [6.45, 7) is 12.4. The van der Waals surface area contributed by atoms with Gasteiger partial charge in [0.05, 0.1) is 11.6 Å². The van der Waals surface area contributed by atoms with E-state index in [1.165, 1.54) is 19.1 Å². The first-order chi connectivity index (χ1) is 18.3. The molecule has 3 aromatic rings. The van der Waals surface area contributed by atoms with Crippen molar-refractivity contribution in [2.75, 3.05) is 6.54 Å². The molecule has 1 fully saturated rings. The summed E-state index contributed by atoms with van der Waals surface area (Å²) in [6, 6.07) is 9.57.